The minimum atomic E-state index is -4.64. The number of hydrogen-bond acceptors (Lipinski definition) is 9. The van der Waals surface area contributed by atoms with Crippen LogP contribution < -0.4 is 5.32 Å². The van der Waals surface area contributed by atoms with Gasteiger partial charge in [-0.1, -0.05) is 12.1 Å². The molecule has 0 spiro atoms. The van der Waals surface area contributed by atoms with Gasteiger partial charge in [0.1, 0.15) is 11.9 Å². The molecule has 13 heteroatoms. The maximum atomic E-state index is 13.8. The molecule has 1 N–H and O–H groups in total. The largest absolute Gasteiger partial charge is 0.466 e. The second-order valence-corrected chi connectivity index (χ2v) is 11.5. The highest BCUT2D eigenvalue weighted by Crippen LogP contribution is 2.33. The number of aromatic nitrogens is 4. The summed E-state index contributed by atoms with van der Waals surface area (Å²) in [6, 6.07) is 7.58. The Morgan fingerprint density at radius 1 is 1.00 bits per heavy atom. The average Bonchev–Trinajstić information content (AvgIpc) is 2.96. The number of carbonyl (C=O) groups excluding carboxylic acids is 2. The number of halogens is 3. The molecule has 0 unspecified atom stereocenters. The number of nitrogens with zero attached hydrogens (tertiary/aromatic N) is 5. The van der Waals surface area contributed by atoms with Crippen LogP contribution >= 0.6 is 0 Å². The van der Waals surface area contributed by atoms with E-state index in [2.05, 4.69) is 25.3 Å². The quantitative estimate of drug-likeness (QED) is 0.288. The van der Waals surface area contributed by atoms with Crippen LogP contribution in [0.5, 0.6) is 0 Å². The minimum absolute atomic E-state index is 0.0286. The van der Waals surface area contributed by atoms with Crippen LogP contribution in [0.25, 0.3) is 0 Å². The van der Waals surface area contributed by atoms with Crippen molar-refractivity contribution in [2.24, 2.45) is 0 Å². The van der Waals surface area contributed by atoms with Gasteiger partial charge in [0.05, 0.1) is 24.3 Å². The summed E-state index contributed by atoms with van der Waals surface area (Å²) in [6.07, 6.45) is 0.117. The van der Waals surface area contributed by atoms with Crippen LogP contribution in [0, 0.1) is 0 Å². The van der Waals surface area contributed by atoms with Crippen molar-refractivity contribution >= 4 is 23.7 Å². The summed E-state index contributed by atoms with van der Waals surface area (Å²) < 4.78 is 51.9. The van der Waals surface area contributed by atoms with Crippen molar-refractivity contribution in [1.29, 1.82) is 0 Å². The van der Waals surface area contributed by atoms with E-state index in [0.717, 1.165) is 24.6 Å². The molecule has 44 heavy (non-hydrogen) atoms. The first-order valence-corrected chi connectivity index (χ1v) is 14.5. The molecule has 1 aliphatic rings. The Kier molecular flexibility index (Phi) is 10.4. The summed E-state index contributed by atoms with van der Waals surface area (Å²) in [6.45, 7) is 8.63. The molecule has 0 aliphatic carbocycles. The van der Waals surface area contributed by atoms with Gasteiger partial charge in [0.2, 0.25) is 5.95 Å². The fourth-order valence-electron chi connectivity index (χ4n) is 4.96. The van der Waals surface area contributed by atoms with Crippen LogP contribution in [0.1, 0.15) is 74.5 Å². The summed E-state index contributed by atoms with van der Waals surface area (Å²) in [5.41, 5.74) is 1.00. The maximum Gasteiger partial charge on any atom is 0.419 e. The van der Waals surface area contributed by atoms with E-state index < -0.39 is 23.3 Å². The molecular formula is C31H37F3N6O4. The Labute approximate surface area is 254 Å². The average molecular weight is 615 g/mol. The van der Waals surface area contributed by atoms with Gasteiger partial charge in [-0.05, 0) is 77.0 Å². The van der Waals surface area contributed by atoms with E-state index in [1.807, 2.05) is 45.0 Å². The molecule has 3 aromatic rings. The number of rotatable bonds is 9. The Balaban J connectivity index is 1.42. The van der Waals surface area contributed by atoms with Crippen LogP contribution in [0.3, 0.4) is 0 Å². The van der Waals surface area contributed by atoms with Gasteiger partial charge in [0.15, 0.2) is 0 Å². The normalized spacial score (nSPS) is 14.3. The SMILES string of the molecule is CCOC(=O)Cc1cncnc1CCc1nc(Nc2ccc(C3CCN(C(=O)OC(C)(C)C)CC3)cc2)ncc1C(F)(F)F. The minimum Gasteiger partial charge on any atom is -0.466 e. The highest BCUT2D eigenvalue weighted by molar-refractivity contribution is 5.72. The second-order valence-electron chi connectivity index (χ2n) is 11.5. The first-order valence-electron chi connectivity index (χ1n) is 14.5. The van der Waals surface area contributed by atoms with Gasteiger partial charge in [-0.25, -0.2) is 24.7 Å². The number of alkyl halides is 3. The summed E-state index contributed by atoms with van der Waals surface area (Å²) in [5.74, 6) is -0.168. The number of amides is 1. The number of nitrogens with one attached hydrogen (secondary N) is 1. The number of aryl methyl sites for hydroxylation is 2. The lowest BCUT2D eigenvalue weighted by atomic mass is 9.89. The smallest absolute Gasteiger partial charge is 0.419 e. The van der Waals surface area contributed by atoms with Gasteiger partial charge >= 0.3 is 18.2 Å². The number of likely N-dealkylation sites (tertiary alicyclic amines) is 1. The Morgan fingerprint density at radius 2 is 1.68 bits per heavy atom. The number of esters is 1. The predicted molar refractivity (Wildman–Crippen MR) is 156 cm³/mol. The number of anilines is 2. The van der Waals surface area contributed by atoms with Crippen LogP contribution in [-0.4, -0.2) is 62.2 Å². The van der Waals surface area contributed by atoms with E-state index in [9.17, 15) is 22.8 Å². The molecule has 0 atom stereocenters. The van der Waals surface area contributed by atoms with Gasteiger partial charge in [-0.15, -0.1) is 0 Å². The summed E-state index contributed by atoms with van der Waals surface area (Å²) in [4.78, 5) is 42.3. The van der Waals surface area contributed by atoms with E-state index in [1.54, 1.807) is 11.8 Å². The fraction of sp³-hybridized carbons (Fsp3) is 0.484. The Bertz CT molecular complexity index is 1440. The molecule has 1 amide bonds. The number of carbonyl (C=O) groups is 2. The lowest BCUT2D eigenvalue weighted by Crippen LogP contribution is -2.41. The number of ether oxygens (including phenoxy) is 2. The van der Waals surface area contributed by atoms with Crippen molar-refractivity contribution in [3.05, 3.63) is 71.1 Å². The number of benzene rings is 1. The van der Waals surface area contributed by atoms with Gasteiger partial charge in [0, 0.05) is 42.4 Å². The first-order chi connectivity index (χ1) is 20.8. The van der Waals surface area contributed by atoms with Crippen LogP contribution in [-0.2, 0) is 39.7 Å². The molecule has 1 saturated heterocycles. The molecule has 1 aromatic carbocycles. The third-order valence-electron chi connectivity index (χ3n) is 7.08. The predicted octanol–water partition coefficient (Wildman–Crippen LogP) is 6.03. The van der Waals surface area contributed by atoms with Crippen molar-refractivity contribution in [3.8, 4) is 0 Å². The zero-order valence-electron chi connectivity index (χ0n) is 25.3. The molecule has 1 fully saturated rings. The highest BCUT2D eigenvalue weighted by atomic mass is 19.4. The third kappa shape index (κ3) is 9.10. The molecule has 0 bridgehead atoms. The van der Waals surface area contributed by atoms with Crippen LogP contribution in [0.15, 0.2) is 43.0 Å². The van der Waals surface area contributed by atoms with Gasteiger partial charge in [-0.2, -0.15) is 13.2 Å². The molecule has 236 valence electrons. The first kappa shape index (κ1) is 32.6. The van der Waals surface area contributed by atoms with E-state index in [4.69, 9.17) is 9.47 Å². The molecule has 2 aromatic heterocycles. The molecule has 0 saturated carbocycles. The van der Waals surface area contributed by atoms with E-state index in [1.165, 1.54) is 12.5 Å². The van der Waals surface area contributed by atoms with Crippen LogP contribution in [0.2, 0.25) is 0 Å². The molecule has 10 nitrogen and oxygen atoms in total. The maximum absolute atomic E-state index is 13.8. The Morgan fingerprint density at radius 3 is 2.32 bits per heavy atom. The molecule has 3 heterocycles. The molecular weight excluding hydrogens is 577 g/mol. The third-order valence-corrected chi connectivity index (χ3v) is 7.08. The lowest BCUT2D eigenvalue weighted by Gasteiger charge is -2.33. The monoisotopic (exact) mass is 614 g/mol. The standard InChI is InChI=1S/C31H37F3N6O4/c1-5-43-27(41)16-22-17-35-19-37-25(22)10-11-26-24(31(32,33)34)18-36-28(39-26)38-23-8-6-20(7-9-23)21-12-14-40(15-13-21)29(42)44-30(2,3)4/h6-9,17-19,21H,5,10-16H2,1-4H3,(H,36,38,39). The van der Waals surface area contributed by atoms with Crippen molar-refractivity contribution in [1.82, 2.24) is 24.8 Å². The van der Waals surface area contributed by atoms with Gasteiger partial charge in [-0.3, -0.25) is 4.79 Å². The zero-order chi connectivity index (χ0) is 31.9. The topological polar surface area (TPSA) is 119 Å². The van der Waals surface area contributed by atoms with Crippen molar-refractivity contribution in [3.63, 3.8) is 0 Å². The van der Waals surface area contributed by atoms with Crippen molar-refractivity contribution in [2.45, 2.75) is 77.5 Å². The summed E-state index contributed by atoms with van der Waals surface area (Å²) in [7, 11) is 0. The van der Waals surface area contributed by atoms with E-state index in [-0.39, 0.29) is 49.5 Å². The van der Waals surface area contributed by atoms with Crippen molar-refractivity contribution in [2.75, 3.05) is 25.0 Å². The Hall–Kier alpha value is -4.29. The summed E-state index contributed by atoms with van der Waals surface area (Å²) in [5, 5.41) is 3.00. The second kappa shape index (κ2) is 14.0. The van der Waals surface area contributed by atoms with Crippen LogP contribution in [0.4, 0.5) is 29.6 Å². The number of piperidine rings is 1. The van der Waals surface area contributed by atoms with Gasteiger partial charge < -0.3 is 19.7 Å². The molecule has 4 rings (SSSR count). The summed E-state index contributed by atoms with van der Waals surface area (Å²) >= 11 is 0. The number of hydrogen-bond donors (Lipinski definition) is 1. The zero-order valence-corrected chi connectivity index (χ0v) is 25.3. The molecule has 0 radical (unpaired) electrons. The lowest BCUT2D eigenvalue weighted by molar-refractivity contribution is -0.142. The fourth-order valence-corrected chi connectivity index (χ4v) is 4.96. The van der Waals surface area contributed by atoms with E-state index in [0.29, 0.717) is 30.0 Å². The van der Waals surface area contributed by atoms with Gasteiger partial charge in [0.25, 0.3) is 0 Å². The highest BCUT2D eigenvalue weighted by Gasteiger charge is 2.35. The molecule has 1 aliphatic heterocycles. The van der Waals surface area contributed by atoms with Crippen molar-refractivity contribution < 1.29 is 32.2 Å². The van der Waals surface area contributed by atoms with E-state index >= 15 is 0 Å².